The second kappa shape index (κ2) is 2.51. The molecule has 3 aromatic rings. The van der Waals surface area contributed by atoms with Gasteiger partial charge in [-0.1, -0.05) is 23.4 Å². The lowest BCUT2D eigenvalue weighted by Gasteiger charge is -1.95. The summed E-state index contributed by atoms with van der Waals surface area (Å²) in [6, 6.07) is 6.11. The first-order valence-corrected chi connectivity index (χ1v) is 4.73. The molecule has 0 spiro atoms. The van der Waals surface area contributed by atoms with Crippen molar-refractivity contribution in [3.8, 4) is 0 Å². The molecule has 70 valence electrons. The molecule has 0 aliphatic carbocycles. The Bertz CT molecular complexity index is 622. The fourth-order valence-corrected chi connectivity index (χ4v) is 2.11. The highest BCUT2D eigenvalue weighted by Crippen LogP contribution is 2.29. The molecule has 4 nitrogen and oxygen atoms in total. The van der Waals surface area contributed by atoms with Crippen molar-refractivity contribution in [3.05, 3.63) is 23.8 Å². The molecule has 0 saturated carbocycles. The predicted molar refractivity (Wildman–Crippen MR) is 56.8 cm³/mol. The summed E-state index contributed by atoms with van der Waals surface area (Å²) < 4.78 is 1.85. The van der Waals surface area contributed by atoms with E-state index >= 15 is 0 Å². The van der Waals surface area contributed by atoms with Crippen molar-refractivity contribution < 1.29 is 0 Å². The van der Waals surface area contributed by atoms with Crippen LogP contribution in [0.5, 0.6) is 0 Å². The first kappa shape index (κ1) is 7.87. The van der Waals surface area contributed by atoms with Gasteiger partial charge in [-0.2, -0.15) is 5.21 Å². The topological polar surface area (TPSA) is 46.0 Å². The molecular formula is C9H8N4S. The number of aryl methyl sites for hydroxylation is 1. The fraction of sp³-hybridized carbons (Fsp3) is 0.111. The SMILES string of the molecule is Cc1cccc2c(S)c3nn[nH]n3c12. The molecule has 0 aliphatic rings. The van der Waals surface area contributed by atoms with Crippen molar-refractivity contribution in [2.45, 2.75) is 11.8 Å². The Balaban J connectivity index is 2.72. The molecule has 0 saturated heterocycles. The van der Waals surface area contributed by atoms with Crippen LogP contribution in [0.25, 0.3) is 16.6 Å². The van der Waals surface area contributed by atoms with Gasteiger partial charge in [-0.3, -0.25) is 0 Å². The summed E-state index contributed by atoms with van der Waals surface area (Å²) in [5, 5.41) is 11.7. The largest absolute Gasteiger partial charge is 0.217 e. The highest BCUT2D eigenvalue weighted by molar-refractivity contribution is 7.80. The summed E-state index contributed by atoms with van der Waals surface area (Å²) in [6.45, 7) is 2.06. The monoisotopic (exact) mass is 204 g/mol. The molecule has 0 fully saturated rings. The Labute approximate surface area is 85.3 Å². The van der Waals surface area contributed by atoms with Crippen molar-refractivity contribution in [1.29, 1.82) is 0 Å². The van der Waals surface area contributed by atoms with Crippen LogP contribution in [0.15, 0.2) is 23.1 Å². The van der Waals surface area contributed by atoms with Crippen LogP contribution in [-0.4, -0.2) is 20.0 Å². The number of tetrazole rings is 1. The number of para-hydroxylation sites is 1. The highest BCUT2D eigenvalue weighted by atomic mass is 32.1. The van der Waals surface area contributed by atoms with Gasteiger partial charge in [-0.25, -0.2) is 4.52 Å². The summed E-state index contributed by atoms with van der Waals surface area (Å²) in [6.07, 6.45) is 0. The van der Waals surface area contributed by atoms with Gasteiger partial charge in [-0.15, -0.1) is 17.7 Å². The number of benzene rings is 1. The minimum Gasteiger partial charge on any atom is -0.217 e. The third kappa shape index (κ3) is 0.798. The highest BCUT2D eigenvalue weighted by Gasteiger charge is 2.12. The number of hydrogen-bond acceptors (Lipinski definition) is 3. The van der Waals surface area contributed by atoms with Crippen LogP contribution in [0.3, 0.4) is 0 Å². The van der Waals surface area contributed by atoms with E-state index in [1.165, 1.54) is 5.56 Å². The molecule has 0 radical (unpaired) electrons. The van der Waals surface area contributed by atoms with Crippen LogP contribution in [-0.2, 0) is 0 Å². The number of aromatic nitrogens is 4. The van der Waals surface area contributed by atoms with Gasteiger partial charge in [0.1, 0.15) is 0 Å². The third-order valence-corrected chi connectivity index (χ3v) is 2.87. The Morgan fingerprint density at radius 2 is 2.29 bits per heavy atom. The van der Waals surface area contributed by atoms with Crippen molar-refractivity contribution >= 4 is 29.2 Å². The molecule has 3 rings (SSSR count). The summed E-state index contributed by atoms with van der Waals surface area (Å²) in [4.78, 5) is 0.873. The molecule has 0 unspecified atom stereocenters. The summed E-state index contributed by atoms with van der Waals surface area (Å²) >= 11 is 4.44. The fourth-order valence-electron chi connectivity index (χ4n) is 1.78. The number of fused-ring (bicyclic) bond motifs is 3. The zero-order chi connectivity index (χ0) is 9.71. The number of rotatable bonds is 0. The number of nitrogens with one attached hydrogen (secondary N) is 1. The predicted octanol–water partition coefficient (Wildman–Crippen LogP) is 1.81. The Morgan fingerprint density at radius 1 is 1.43 bits per heavy atom. The molecule has 5 heteroatoms. The zero-order valence-corrected chi connectivity index (χ0v) is 8.42. The zero-order valence-electron chi connectivity index (χ0n) is 7.52. The van der Waals surface area contributed by atoms with Crippen molar-refractivity contribution in [2.75, 3.05) is 0 Å². The van der Waals surface area contributed by atoms with Crippen molar-refractivity contribution in [2.24, 2.45) is 0 Å². The van der Waals surface area contributed by atoms with E-state index in [1.807, 2.05) is 16.6 Å². The molecule has 2 aromatic heterocycles. The van der Waals surface area contributed by atoms with Crippen molar-refractivity contribution in [1.82, 2.24) is 20.0 Å². The lowest BCUT2D eigenvalue weighted by molar-refractivity contribution is 0.841. The third-order valence-electron chi connectivity index (χ3n) is 2.43. The van der Waals surface area contributed by atoms with E-state index in [-0.39, 0.29) is 0 Å². The Hall–Kier alpha value is -1.49. The minimum absolute atomic E-state index is 0.776. The number of hydrogen-bond donors (Lipinski definition) is 2. The second-order valence-corrected chi connectivity index (χ2v) is 3.73. The van der Waals surface area contributed by atoms with E-state index in [1.54, 1.807) is 0 Å². The smallest absolute Gasteiger partial charge is 0.191 e. The van der Waals surface area contributed by atoms with Gasteiger partial charge in [0.05, 0.1) is 10.4 Å². The number of nitrogens with zero attached hydrogens (tertiary/aromatic N) is 3. The maximum Gasteiger partial charge on any atom is 0.191 e. The van der Waals surface area contributed by atoms with Gasteiger partial charge in [0.15, 0.2) is 5.65 Å². The first-order valence-electron chi connectivity index (χ1n) is 4.29. The number of thiol groups is 1. The summed E-state index contributed by atoms with van der Waals surface area (Å²) in [7, 11) is 0. The Morgan fingerprint density at radius 3 is 3.14 bits per heavy atom. The minimum atomic E-state index is 0.776. The van der Waals surface area contributed by atoms with Gasteiger partial charge in [-0.05, 0) is 12.5 Å². The van der Waals surface area contributed by atoms with Gasteiger partial charge in [0.2, 0.25) is 0 Å². The molecule has 0 bridgehead atoms. The van der Waals surface area contributed by atoms with E-state index in [0.29, 0.717) is 0 Å². The average Bonchev–Trinajstić information content (AvgIpc) is 2.72. The lowest BCUT2D eigenvalue weighted by Crippen LogP contribution is -1.86. The van der Waals surface area contributed by atoms with Crippen molar-refractivity contribution in [3.63, 3.8) is 0 Å². The molecule has 2 heterocycles. The maximum atomic E-state index is 4.44. The second-order valence-electron chi connectivity index (χ2n) is 3.28. The quantitative estimate of drug-likeness (QED) is 0.548. The van der Waals surface area contributed by atoms with E-state index in [4.69, 9.17) is 0 Å². The maximum absolute atomic E-state index is 4.44. The van der Waals surface area contributed by atoms with Crippen LogP contribution < -0.4 is 0 Å². The lowest BCUT2D eigenvalue weighted by atomic mass is 10.2. The van der Waals surface area contributed by atoms with Crippen LogP contribution in [0.4, 0.5) is 0 Å². The van der Waals surface area contributed by atoms with E-state index < -0.39 is 0 Å². The summed E-state index contributed by atoms with van der Waals surface area (Å²) in [5.74, 6) is 0. The molecule has 0 amide bonds. The van der Waals surface area contributed by atoms with Crippen LogP contribution in [0.1, 0.15) is 5.56 Å². The molecule has 1 aromatic carbocycles. The van der Waals surface area contributed by atoms with Crippen LogP contribution >= 0.6 is 12.6 Å². The normalized spacial score (nSPS) is 11.6. The van der Waals surface area contributed by atoms with Gasteiger partial charge in [0.25, 0.3) is 0 Å². The summed E-state index contributed by atoms with van der Waals surface area (Å²) in [5.41, 5.74) is 3.05. The van der Waals surface area contributed by atoms with Gasteiger partial charge in [0, 0.05) is 5.39 Å². The van der Waals surface area contributed by atoms with Gasteiger partial charge < -0.3 is 0 Å². The first-order chi connectivity index (χ1) is 6.79. The van der Waals surface area contributed by atoms with E-state index in [2.05, 4.69) is 41.1 Å². The van der Waals surface area contributed by atoms with Crippen LogP contribution in [0.2, 0.25) is 0 Å². The average molecular weight is 204 g/mol. The molecule has 0 aliphatic heterocycles. The van der Waals surface area contributed by atoms with Crippen LogP contribution in [0, 0.1) is 6.92 Å². The Kier molecular flexibility index (Phi) is 1.41. The standard InChI is InChI=1S/C9H8N4S/c1-5-3-2-4-6-7(5)13-9(8(6)14)10-11-12-13/h2-4,14H,1H3,(H,10,12). The molecule has 14 heavy (non-hydrogen) atoms. The molecule has 1 N–H and O–H groups in total. The molecule has 0 atom stereocenters. The molecular weight excluding hydrogens is 196 g/mol. The van der Waals surface area contributed by atoms with E-state index in [9.17, 15) is 0 Å². The van der Waals surface area contributed by atoms with Gasteiger partial charge >= 0.3 is 0 Å². The van der Waals surface area contributed by atoms with E-state index in [0.717, 1.165) is 21.4 Å². The number of aromatic amines is 1. The number of H-pyrrole nitrogens is 1.